The normalized spacial score (nSPS) is 11.9. The van der Waals surface area contributed by atoms with Crippen molar-refractivity contribution in [3.8, 4) is 0 Å². The van der Waals surface area contributed by atoms with E-state index in [-0.39, 0.29) is 6.54 Å². The second-order valence-electron chi connectivity index (χ2n) is 3.59. The number of thiazole rings is 1. The van der Waals surface area contributed by atoms with Crippen LogP contribution in [0.4, 0.5) is 0 Å². The Morgan fingerprint density at radius 3 is 2.83 bits per heavy atom. The molecule has 0 aliphatic carbocycles. The number of hydrogen-bond acceptors (Lipinski definition) is 6. The molecule has 0 aliphatic heterocycles. The number of aryl methyl sites for hydroxylation is 1. The molecule has 0 unspecified atom stereocenters. The van der Waals surface area contributed by atoms with Gasteiger partial charge >= 0.3 is 0 Å². The molecule has 2 aromatic rings. The molecular formula is C10H13N3O2S3. The maximum absolute atomic E-state index is 12.1. The first-order valence-electron chi connectivity index (χ1n) is 5.20. The largest absolute Gasteiger partial charge is 0.326 e. The molecular weight excluding hydrogens is 290 g/mol. The number of nitrogens with zero attached hydrogens (tertiary/aromatic N) is 1. The average molecular weight is 303 g/mol. The van der Waals surface area contributed by atoms with Gasteiger partial charge in [0.05, 0.1) is 11.4 Å². The van der Waals surface area contributed by atoms with Crippen molar-refractivity contribution in [3.05, 3.63) is 32.4 Å². The van der Waals surface area contributed by atoms with Crippen molar-refractivity contribution in [2.75, 3.05) is 0 Å². The second kappa shape index (κ2) is 5.45. The number of nitrogens with two attached hydrogens (primary N) is 1. The molecule has 5 nitrogen and oxygen atoms in total. The summed E-state index contributed by atoms with van der Waals surface area (Å²) in [4.78, 5) is 5.96. The minimum atomic E-state index is -3.48. The molecule has 8 heteroatoms. The molecule has 2 aromatic heterocycles. The zero-order chi connectivity index (χ0) is 13.2. The number of rotatable bonds is 5. The third-order valence-electron chi connectivity index (χ3n) is 2.31. The lowest BCUT2D eigenvalue weighted by molar-refractivity contribution is 0.581. The zero-order valence-electron chi connectivity index (χ0n) is 9.71. The first-order chi connectivity index (χ1) is 8.53. The minimum absolute atomic E-state index is 0.216. The summed E-state index contributed by atoms with van der Waals surface area (Å²) in [5, 5.41) is 2.55. The van der Waals surface area contributed by atoms with Crippen molar-refractivity contribution in [2.24, 2.45) is 5.73 Å². The highest BCUT2D eigenvalue weighted by atomic mass is 32.2. The molecule has 0 saturated carbocycles. The fourth-order valence-corrected chi connectivity index (χ4v) is 4.61. The third-order valence-corrected chi connectivity index (χ3v) is 5.82. The van der Waals surface area contributed by atoms with E-state index >= 15 is 0 Å². The predicted molar refractivity (Wildman–Crippen MR) is 73.1 cm³/mol. The van der Waals surface area contributed by atoms with Gasteiger partial charge in [-0.25, -0.2) is 18.1 Å². The average Bonchev–Trinajstić information content (AvgIpc) is 2.95. The van der Waals surface area contributed by atoms with Gasteiger partial charge in [-0.2, -0.15) is 0 Å². The van der Waals surface area contributed by atoms with E-state index in [0.717, 1.165) is 14.8 Å². The van der Waals surface area contributed by atoms with E-state index in [1.807, 2.05) is 5.38 Å². The first-order valence-corrected chi connectivity index (χ1v) is 8.38. The lowest BCUT2D eigenvalue weighted by Crippen LogP contribution is -2.23. The summed E-state index contributed by atoms with van der Waals surface area (Å²) in [5.74, 6) is 0. The van der Waals surface area contributed by atoms with E-state index in [2.05, 4.69) is 9.71 Å². The summed E-state index contributed by atoms with van der Waals surface area (Å²) in [6, 6.07) is 1.63. The van der Waals surface area contributed by atoms with Crippen LogP contribution in [0.15, 0.2) is 22.5 Å². The fraction of sp³-hybridized carbons (Fsp3) is 0.300. The van der Waals surface area contributed by atoms with Gasteiger partial charge < -0.3 is 5.73 Å². The van der Waals surface area contributed by atoms with Gasteiger partial charge in [0.2, 0.25) is 10.0 Å². The van der Waals surface area contributed by atoms with Crippen molar-refractivity contribution in [2.45, 2.75) is 24.9 Å². The van der Waals surface area contributed by atoms with E-state index in [4.69, 9.17) is 5.73 Å². The summed E-state index contributed by atoms with van der Waals surface area (Å²) in [7, 11) is -3.48. The SMILES string of the molecule is Cc1sc(CN)cc1S(=O)(=O)NCc1nccs1. The first kappa shape index (κ1) is 13.6. The van der Waals surface area contributed by atoms with Crippen LogP contribution in [-0.4, -0.2) is 13.4 Å². The highest BCUT2D eigenvalue weighted by Gasteiger charge is 2.19. The summed E-state index contributed by atoms with van der Waals surface area (Å²) in [6.07, 6.45) is 1.65. The van der Waals surface area contributed by atoms with Gasteiger partial charge in [-0.15, -0.1) is 22.7 Å². The third kappa shape index (κ3) is 2.96. The molecule has 0 atom stereocenters. The van der Waals surface area contributed by atoms with Crippen LogP contribution >= 0.6 is 22.7 Å². The van der Waals surface area contributed by atoms with Crippen LogP contribution in [0.2, 0.25) is 0 Å². The van der Waals surface area contributed by atoms with E-state index in [9.17, 15) is 8.42 Å². The summed E-state index contributed by atoms with van der Waals surface area (Å²) >= 11 is 2.82. The number of aromatic nitrogens is 1. The van der Waals surface area contributed by atoms with Crippen LogP contribution in [0, 0.1) is 6.92 Å². The van der Waals surface area contributed by atoms with Crippen LogP contribution in [0.5, 0.6) is 0 Å². The molecule has 0 aliphatic rings. The molecule has 0 radical (unpaired) electrons. The molecule has 18 heavy (non-hydrogen) atoms. The molecule has 98 valence electrons. The summed E-state index contributed by atoms with van der Waals surface area (Å²) in [5.41, 5.74) is 5.51. The van der Waals surface area contributed by atoms with Crippen LogP contribution in [0.3, 0.4) is 0 Å². The fourth-order valence-electron chi connectivity index (χ4n) is 1.47. The summed E-state index contributed by atoms with van der Waals surface area (Å²) in [6.45, 7) is 2.35. The van der Waals surface area contributed by atoms with Gasteiger partial charge in [0.15, 0.2) is 0 Å². The van der Waals surface area contributed by atoms with Crippen molar-refractivity contribution in [1.29, 1.82) is 0 Å². The van der Waals surface area contributed by atoms with E-state index in [0.29, 0.717) is 11.4 Å². The Hall–Kier alpha value is -0.800. The summed E-state index contributed by atoms with van der Waals surface area (Å²) < 4.78 is 26.8. The Bertz CT molecular complexity index is 617. The van der Waals surface area contributed by atoms with Crippen LogP contribution < -0.4 is 10.5 Å². The maximum atomic E-state index is 12.1. The highest BCUT2D eigenvalue weighted by Crippen LogP contribution is 2.25. The Morgan fingerprint density at radius 2 is 2.28 bits per heavy atom. The van der Waals surface area contributed by atoms with Crippen molar-refractivity contribution >= 4 is 32.7 Å². The van der Waals surface area contributed by atoms with Gasteiger partial charge in [-0.05, 0) is 13.0 Å². The molecule has 0 spiro atoms. The Balaban J connectivity index is 2.17. The number of thiophene rings is 1. The van der Waals surface area contributed by atoms with Crippen molar-refractivity contribution in [3.63, 3.8) is 0 Å². The topological polar surface area (TPSA) is 85.1 Å². The van der Waals surface area contributed by atoms with Gasteiger partial charge in [0.1, 0.15) is 5.01 Å². The van der Waals surface area contributed by atoms with E-state index < -0.39 is 10.0 Å². The standard InChI is InChI=1S/C10H13N3O2S3/c1-7-9(4-8(5-11)17-7)18(14,15)13-6-10-12-2-3-16-10/h2-4,13H,5-6,11H2,1H3. The molecule has 3 N–H and O–H groups in total. The molecule has 0 bridgehead atoms. The van der Waals surface area contributed by atoms with Gasteiger partial charge in [-0.1, -0.05) is 0 Å². The molecule has 2 heterocycles. The van der Waals surface area contributed by atoms with Crippen molar-refractivity contribution < 1.29 is 8.42 Å². The van der Waals surface area contributed by atoms with Crippen LogP contribution in [0.1, 0.15) is 14.8 Å². The lowest BCUT2D eigenvalue weighted by Gasteiger charge is -2.03. The zero-order valence-corrected chi connectivity index (χ0v) is 12.2. The van der Waals surface area contributed by atoms with E-state index in [1.54, 1.807) is 19.2 Å². The predicted octanol–water partition coefficient (Wildman–Crippen LogP) is 1.45. The van der Waals surface area contributed by atoms with Gasteiger partial charge in [0, 0.05) is 27.9 Å². The monoisotopic (exact) mass is 303 g/mol. The van der Waals surface area contributed by atoms with E-state index in [1.165, 1.54) is 22.7 Å². The van der Waals surface area contributed by atoms with Crippen molar-refractivity contribution in [1.82, 2.24) is 9.71 Å². The molecule has 0 aromatic carbocycles. The highest BCUT2D eigenvalue weighted by molar-refractivity contribution is 7.89. The number of hydrogen-bond donors (Lipinski definition) is 2. The number of nitrogens with one attached hydrogen (secondary N) is 1. The molecule has 0 amide bonds. The van der Waals surface area contributed by atoms with Crippen LogP contribution in [0.25, 0.3) is 0 Å². The second-order valence-corrected chi connectivity index (χ2v) is 7.64. The van der Waals surface area contributed by atoms with Gasteiger partial charge in [-0.3, -0.25) is 0 Å². The Labute approximate surface area is 114 Å². The van der Waals surface area contributed by atoms with Gasteiger partial charge in [0.25, 0.3) is 0 Å². The maximum Gasteiger partial charge on any atom is 0.242 e. The molecule has 0 saturated heterocycles. The molecule has 0 fully saturated rings. The molecule has 2 rings (SSSR count). The quantitative estimate of drug-likeness (QED) is 0.875. The minimum Gasteiger partial charge on any atom is -0.326 e. The number of sulfonamides is 1. The lowest BCUT2D eigenvalue weighted by atomic mass is 10.4. The van der Waals surface area contributed by atoms with Crippen LogP contribution in [-0.2, 0) is 23.1 Å². The smallest absolute Gasteiger partial charge is 0.242 e. The Kier molecular flexibility index (Phi) is 4.13. The Morgan fingerprint density at radius 1 is 1.50 bits per heavy atom.